The number of nitrogens with zero attached hydrogens (tertiary/aromatic N) is 1. The molecule has 0 fully saturated rings. The molecule has 2 rings (SSSR count). The number of H-pyrrole nitrogens is 1. The largest absolute Gasteiger partial charge is 0.394 e. The predicted octanol–water partition coefficient (Wildman–Crippen LogP) is 2.19. The van der Waals surface area contributed by atoms with Gasteiger partial charge in [-0.15, -0.1) is 0 Å². The zero-order chi connectivity index (χ0) is 17.0. The molecular weight excluding hydrogens is 388 g/mol. The van der Waals surface area contributed by atoms with E-state index < -0.39 is 17.9 Å². The lowest BCUT2D eigenvalue weighted by Crippen LogP contribution is -2.35. The number of benzene rings is 1. The van der Waals surface area contributed by atoms with Crippen molar-refractivity contribution in [3.8, 4) is 0 Å². The van der Waals surface area contributed by atoms with Crippen molar-refractivity contribution in [1.82, 2.24) is 15.5 Å². The van der Waals surface area contributed by atoms with Gasteiger partial charge in [-0.3, -0.25) is 14.7 Å². The number of aliphatic hydroxyl groups excluding tert-OH is 1. The van der Waals surface area contributed by atoms with E-state index in [1.165, 1.54) is 0 Å². The first-order chi connectivity index (χ1) is 10.9. The molecule has 1 aromatic carbocycles. The van der Waals surface area contributed by atoms with E-state index in [1.54, 1.807) is 31.2 Å². The maximum absolute atomic E-state index is 12.2. The van der Waals surface area contributed by atoms with Gasteiger partial charge in [0.2, 0.25) is 0 Å². The molecule has 23 heavy (non-hydrogen) atoms. The number of carbonyl (C=O) groups is 2. The third-order valence-electron chi connectivity index (χ3n) is 2.94. The molecule has 7 nitrogen and oxygen atoms in total. The number of aromatic nitrogens is 2. The summed E-state index contributed by atoms with van der Waals surface area (Å²) in [6.07, 6.45) is 0. The number of rotatable bonds is 5. The van der Waals surface area contributed by atoms with E-state index in [0.717, 1.165) is 0 Å². The lowest BCUT2D eigenvalue weighted by molar-refractivity contribution is 0.0915. The SMILES string of the molecule is C[C@@H](CO)NC(=O)c1[nH]nc(NC(=O)c2ccccc2Cl)c1Br. The summed E-state index contributed by atoms with van der Waals surface area (Å²) in [5, 5.41) is 20.8. The molecule has 1 atom stereocenters. The minimum absolute atomic E-state index is 0.139. The molecule has 0 aliphatic heterocycles. The Kier molecular flexibility index (Phi) is 5.75. The molecule has 0 unspecified atom stereocenters. The lowest BCUT2D eigenvalue weighted by Gasteiger charge is -2.09. The summed E-state index contributed by atoms with van der Waals surface area (Å²) < 4.78 is 0.306. The molecule has 1 aromatic heterocycles. The Morgan fingerprint density at radius 2 is 2.09 bits per heavy atom. The van der Waals surface area contributed by atoms with Gasteiger partial charge in [-0.25, -0.2) is 0 Å². The van der Waals surface area contributed by atoms with E-state index in [1.807, 2.05) is 0 Å². The summed E-state index contributed by atoms with van der Waals surface area (Å²) in [6, 6.07) is 6.18. The molecule has 2 amide bonds. The van der Waals surface area contributed by atoms with Crippen molar-refractivity contribution in [2.75, 3.05) is 11.9 Å². The fraction of sp³-hybridized carbons (Fsp3) is 0.214. The fourth-order valence-corrected chi connectivity index (χ4v) is 2.40. The van der Waals surface area contributed by atoms with Gasteiger partial charge in [0.05, 0.1) is 21.7 Å². The van der Waals surface area contributed by atoms with Crippen LogP contribution < -0.4 is 10.6 Å². The monoisotopic (exact) mass is 400 g/mol. The molecule has 2 aromatic rings. The molecule has 0 saturated carbocycles. The van der Waals surface area contributed by atoms with Crippen molar-refractivity contribution in [3.63, 3.8) is 0 Å². The standard InChI is InChI=1S/C14H14BrClN4O3/c1-7(6-21)17-14(23)11-10(15)12(20-19-11)18-13(22)8-4-2-3-5-9(8)16/h2-5,7,21H,6H2,1H3,(H,17,23)(H2,18,19,20,22)/t7-/m0/s1. The van der Waals surface area contributed by atoms with Crippen LogP contribution in [-0.2, 0) is 0 Å². The van der Waals surface area contributed by atoms with Crippen LogP contribution in [0.4, 0.5) is 5.82 Å². The molecule has 0 spiro atoms. The van der Waals surface area contributed by atoms with E-state index in [4.69, 9.17) is 16.7 Å². The predicted molar refractivity (Wildman–Crippen MR) is 89.7 cm³/mol. The molecule has 0 radical (unpaired) electrons. The number of hydrogen-bond donors (Lipinski definition) is 4. The zero-order valence-electron chi connectivity index (χ0n) is 12.1. The van der Waals surface area contributed by atoms with E-state index >= 15 is 0 Å². The number of nitrogens with one attached hydrogen (secondary N) is 3. The lowest BCUT2D eigenvalue weighted by atomic mass is 10.2. The first-order valence-electron chi connectivity index (χ1n) is 6.65. The molecule has 4 N–H and O–H groups in total. The van der Waals surface area contributed by atoms with Crippen LogP contribution in [0, 0.1) is 0 Å². The molecule has 0 saturated heterocycles. The number of carbonyl (C=O) groups excluding carboxylic acids is 2. The third-order valence-corrected chi connectivity index (χ3v) is 4.04. The fourth-order valence-electron chi connectivity index (χ4n) is 1.72. The van der Waals surface area contributed by atoms with Crippen LogP contribution in [0.3, 0.4) is 0 Å². The van der Waals surface area contributed by atoms with Crippen molar-refractivity contribution in [2.24, 2.45) is 0 Å². The van der Waals surface area contributed by atoms with Gasteiger partial charge < -0.3 is 15.7 Å². The number of hydrogen-bond acceptors (Lipinski definition) is 4. The Labute approximate surface area is 145 Å². The summed E-state index contributed by atoms with van der Waals surface area (Å²) in [5.41, 5.74) is 0.434. The second-order valence-electron chi connectivity index (χ2n) is 4.75. The average Bonchev–Trinajstić information content (AvgIpc) is 2.88. The van der Waals surface area contributed by atoms with Crippen molar-refractivity contribution in [1.29, 1.82) is 0 Å². The minimum Gasteiger partial charge on any atom is -0.394 e. The number of halogens is 2. The molecule has 1 heterocycles. The third kappa shape index (κ3) is 4.10. The second-order valence-corrected chi connectivity index (χ2v) is 5.95. The highest BCUT2D eigenvalue weighted by atomic mass is 79.9. The Balaban J connectivity index is 2.15. The van der Waals surface area contributed by atoms with Gasteiger partial charge in [0.1, 0.15) is 5.69 Å². The van der Waals surface area contributed by atoms with Crippen LogP contribution >= 0.6 is 27.5 Å². The number of aliphatic hydroxyl groups is 1. The summed E-state index contributed by atoms with van der Waals surface area (Å²) in [6.45, 7) is 1.47. The van der Waals surface area contributed by atoms with Crippen LogP contribution in [0.1, 0.15) is 27.8 Å². The normalized spacial score (nSPS) is 11.8. The minimum atomic E-state index is -0.454. The van der Waals surface area contributed by atoms with Gasteiger partial charge in [0, 0.05) is 6.04 Å². The van der Waals surface area contributed by atoms with Gasteiger partial charge in [0.25, 0.3) is 11.8 Å². The topological polar surface area (TPSA) is 107 Å². The zero-order valence-corrected chi connectivity index (χ0v) is 14.4. The average molecular weight is 402 g/mol. The molecule has 0 aliphatic rings. The molecule has 9 heteroatoms. The van der Waals surface area contributed by atoms with Gasteiger partial charge in [-0.05, 0) is 35.0 Å². The quantitative estimate of drug-likeness (QED) is 0.616. The van der Waals surface area contributed by atoms with E-state index in [9.17, 15) is 9.59 Å². The molecule has 122 valence electrons. The number of aromatic amines is 1. The number of anilines is 1. The van der Waals surface area contributed by atoms with Gasteiger partial charge in [-0.2, -0.15) is 5.10 Å². The van der Waals surface area contributed by atoms with Crippen LogP contribution in [0.2, 0.25) is 5.02 Å². The van der Waals surface area contributed by atoms with Crippen LogP contribution in [0.25, 0.3) is 0 Å². The highest BCUT2D eigenvalue weighted by Gasteiger charge is 2.20. The smallest absolute Gasteiger partial charge is 0.270 e. The Bertz CT molecular complexity index is 735. The highest BCUT2D eigenvalue weighted by Crippen LogP contribution is 2.25. The first-order valence-corrected chi connectivity index (χ1v) is 7.82. The molecular formula is C14H14BrClN4O3. The van der Waals surface area contributed by atoms with Crippen molar-refractivity contribution in [2.45, 2.75) is 13.0 Å². The van der Waals surface area contributed by atoms with Crippen molar-refractivity contribution in [3.05, 3.63) is 45.0 Å². The van der Waals surface area contributed by atoms with Gasteiger partial charge in [-0.1, -0.05) is 23.7 Å². The van der Waals surface area contributed by atoms with E-state index in [2.05, 4.69) is 36.8 Å². The summed E-state index contributed by atoms with van der Waals surface area (Å²) in [7, 11) is 0. The molecule has 0 bridgehead atoms. The highest BCUT2D eigenvalue weighted by molar-refractivity contribution is 9.10. The maximum atomic E-state index is 12.2. The summed E-state index contributed by atoms with van der Waals surface area (Å²) >= 11 is 9.18. The van der Waals surface area contributed by atoms with Gasteiger partial charge >= 0.3 is 0 Å². The summed E-state index contributed by atoms with van der Waals surface area (Å²) in [5.74, 6) is -0.737. The molecule has 0 aliphatic carbocycles. The van der Waals surface area contributed by atoms with Crippen molar-refractivity contribution < 1.29 is 14.7 Å². The Morgan fingerprint density at radius 1 is 1.39 bits per heavy atom. The Hall–Kier alpha value is -1.90. The van der Waals surface area contributed by atoms with Crippen LogP contribution in [0.15, 0.2) is 28.7 Å². The number of amides is 2. The van der Waals surface area contributed by atoms with E-state index in [0.29, 0.717) is 15.1 Å². The Morgan fingerprint density at radius 3 is 2.74 bits per heavy atom. The second kappa shape index (κ2) is 7.58. The summed E-state index contributed by atoms with van der Waals surface area (Å²) in [4.78, 5) is 24.2. The van der Waals surface area contributed by atoms with Gasteiger partial charge in [0.15, 0.2) is 5.82 Å². The van der Waals surface area contributed by atoms with Crippen LogP contribution in [0.5, 0.6) is 0 Å². The van der Waals surface area contributed by atoms with Crippen molar-refractivity contribution >= 4 is 45.2 Å². The first kappa shape index (κ1) is 17.5. The van der Waals surface area contributed by atoms with E-state index in [-0.39, 0.29) is 18.1 Å². The maximum Gasteiger partial charge on any atom is 0.270 e. The van der Waals surface area contributed by atoms with Crippen LogP contribution in [-0.4, -0.2) is 39.8 Å².